The molecule has 1 saturated heterocycles. The van der Waals surface area contributed by atoms with Crippen LogP contribution >= 0.6 is 23.4 Å². The van der Waals surface area contributed by atoms with Crippen LogP contribution in [0, 0.1) is 0 Å². The molecule has 0 unspecified atom stereocenters. The molecule has 1 N–H and O–H groups in total. The number of carbonyl (C=O) groups is 2. The summed E-state index contributed by atoms with van der Waals surface area (Å²) in [7, 11) is -0.513. The molecule has 3 rings (SSSR count). The van der Waals surface area contributed by atoms with E-state index in [0.29, 0.717) is 23.7 Å². The van der Waals surface area contributed by atoms with E-state index >= 15 is 0 Å². The van der Waals surface area contributed by atoms with Gasteiger partial charge in [0.2, 0.25) is 10.0 Å². The van der Waals surface area contributed by atoms with Gasteiger partial charge in [-0.2, -0.15) is 4.31 Å². The van der Waals surface area contributed by atoms with Crippen molar-refractivity contribution in [3.63, 3.8) is 0 Å². The molecule has 2 aromatic carbocycles. The number of hydrogen-bond acceptors (Lipinski definition) is 5. The number of hydrogen-bond donors (Lipinski definition) is 1. The molecule has 2 amide bonds. The molecule has 1 heterocycles. The molecule has 7 nitrogen and oxygen atoms in total. The fraction of sp³-hybridized carbons (Fsp3) is 0.364. The first-order chi connectivity index (χ1) is 15.2. The first kappa shape index (κ1) is 24.6. The molecule has 0 spiro atoms. The zero-order valence-corrected chi connectivity index (χ0v) is 20.4. The summed E-state index contributed by atoms with van der Waals surface area (Å²) in [6.45, 7) is 0.888. The van der Waals surface area contributed by atoms with Crippen LogP contribution in [0.15, 0.2) is 52.3 Å². The lowest BCUT2D eigenvalue weighted by atomic mass is 10.2. The molecule has 172 valence electrons. The van der Waals surface area contributed by atoms with Crippen molar-refractivity contribution in [1.29, 1.82) is 0 Å². The molecule has 10 heteroatoms. The minimum Gasteiger partial charge on any atom is -0.339 e. The molecule has 0 aromatic heterocycles. The Morgan fingerprint density at radius 2 is 1.69 bits per heavy atom. The number of nitrogens with one attached hydrogen (secondary N) is 1. The number of anilines is 1. The Bertz CT molecular complexity index is 1100. The molecule has 0 aliphatic carbocycles. The Kier molecular flexibility index (Phi) is 8.21. The summed E-state index contributed by atoms with van der Waals surface area (Å²) < 4.78 is 27.8. The van der Waals surface area contributed by atoms with Gasteiger partial charge >= 0.3 is 0 Å². The van der Waals surface area contributed by atoms with Gasteiger partial charge in [-0.25, -0.2) is 8.42 Å². The molecule has 0 saturated carbocycles. The highest BCUT2D eigenvalue weighted by Gasteiger charge is 2.28. The summed E-state index contributed by atoms with van der Waals surface area (Å²) in [6, 6.07) is 11.2. The van der Waals surface area contributed by atoms with Crippen molar-refractivity contribution >= 4 is 50.2 Å². The van der Waals surface area contributed by atoms with Gasteiger partial charge in [-0.05, 0) is 54.9 Å². The van der Waals surface area contributed by atoms with Crippen molar-refractivity contribution in [1.82, 2.24) is 9.21 Å². The second-order valence-electron chi connectivity index (χ2n) is 7.68. The lowest BCUT2D eigenvalue weighted by Crippen LogP contribution is -2.32. The largest absolute Gasteiger partial charge is 0.339 e. The molecular weight excluding hydrogens is 470 g/mol. The van der Waals surface area contributed by atoms with Crippen molar-refractivity contribution in [3.05, 3.63) is 53.1 Å². The smallest absolute Gasteiger partial charge is 0.286 e. The summed E-state index contributed by atoms with van der Waals surface area (Å²) in [5.41, 5.74) is 0.631. The predicted molar refractivity (Wildman–Crippen MR) is 128 cm³/mol. The Hall–Kier alpha value is -2.07. The topological polar surface area (TPSA) is 86.8 Å². The van der Waals surface area contributed by atoms with Gasteiger partial charge in [0, 0.05) is 37.6 Å². The van der Waals surface area contributed by atoms with E-state index < -0.39 is 15.9 Å². The van der Waals surface area contributed by atoms with Crippen LogP contribution in [0.4, 0.5) is 10.5 Å². The van der Waals surface area contributed by atoms with Crippen LogP contribution in [0.2, 0.25) is 5.02 Å². The van der Waals surface area contributed by atoms with Crippen molar-refractivity contribution in [2.24, 2.45) is 0 Å². The van der Waals surface area contributed by atoms with Gasteiger partial charge in [0.15, 0.2) is 0 Å². The minimum absolute atomic E-state index is 0.0702. The Morgan fingerprint density at radius 1 is 1.03 bits per heavy atom. The van der Waals surface area contributed by atoms with Gasteiger partial charge in [0.25, 0.3) is 11.1 Å². The average Bonchev–Trinajstić information content (AvgIpc) is 3.05. The van der Waals surface area contributed by atoms with E-state index in [1.165, 1.54) is 27.4 Å². The van der Waals surface area contributed by atoms with E-state index in [0.717, 1.165) is 37.4 Å². The number of sulfonamides is 1. The van der Waals surface area contributed by atoms with Crippen LogP contribution in [-0.4, -0.2) is 56.0 Å². The van der Waals surface area contributed by atoms with Gasteiger partial charge in [-0.3, -0.25) is 9.59 Å². The molecule has 1 fully saturated rings. The quantitative estimate of drug-likeness (QED) is 0.594. The molecule has 0 radical (unpaired) electrons. The average molecular weight is 496 g/mol. The lowest BCUT2D eigenvalue weighted by molar-refractivity contribution is 0.102. The van der Waals surface area contributed by atoms with Crippen LogP contribution in [0.3, 0.4) is 0 Å². The van der Waals surface area contributed by atoms with E-state index in [-0.39, 0.29) is 20.7 Å². The maximum absolute atomic E-state index is 13.2. The van der Waals surface area contributed by atoms with Crippen LogP contribution in [0.25, 0.3) is 0 Å². The van der Waals surface area contributed by atoms with Gasteiger partial charge in [0.05, 0.1) is 10.7 Å². The summed E-state index contributed by atoms with van der Waals surface area (Å²) >= 11 is 7.23. The van der Waals surface area contributed by atoms with Gasteiger partial charge in [-0.15, -0.1) is 0 Å². The summed E-state index contributed by atoms with van der Waals surface area (Å²) in [5.74, 6) is -0.487. The number of thioether (sulfide) groups is 1. The first-order valence-electron chi connectivity index (χ1n) is 10.3. The maximum Gasteiger partial charge on any atom is 0.286 e. The fourth-order valence-electron chi connectivity index (χ4n) is 3.30. The molecular formula is C22H26ClN3O4S2. The standard InChI is InChI=1S/C22H26ClN3O4S2/c1-25(2)22(28)31-19-10-6-5-9-18(19)24-21(27)16-11-12-17(23)20(15-16)32(29,30)26-13-7-3-4-8-14-26/h5-6,9-12,15H,3-4,7-8,13-14H2,1-2H3,(H,24,27). The number of amides is 2. The van der Waals surface area contributed by atoms with Crippen molar-refractivity contribution in [2.45, 2.75) is 35.5 Å². The van der Waals surface area contributed by atoms with Crippen LogP contribution < -0.4 is 5.32 Å². The molecule has 1 aliphatic heterocycles. The number of carbonyl (C=O) groups excluding carboxylic acids is 2. The van der Waals surface area contributed by atoms with E-state index in [4.69, 9.17) is 11.6 Å². The molecule has 1 aliphatic rings. The molecule has 0 bridgehead atoms. The minimum atomic E-state index is -3.81. The van der Waals surface area contributed by atoms with Crippen LogP contribution in [-0.2, 0) is 10.0 Å². The third kappa shape index (κ3) is 5.83. The molecule has 0 atom stereocenters. The third-order valence-electron chi connectivity index (χ3n) is 5.07. The van der Waals surface area contributed by atoms with Crippen LogP contribution in [0.1, 0.15) is 36.0 Å². The highest BCUT2D eigenvalue weighted by molar-refractivity contribution is 8.13. The number of rotatable bonds is 5. The third-order valence-corrected chi connectivity index (χ3v) is 8.57. The Labute approximate surface area is 198 Å². The fourth-order valence-corrected chi connectivity index (χ4v) is 6.07. The lowest BCUT2D eigenvalue weighted by Gasteiger charge is -2.21. The summed E-state index contributed by atoms with van der Waals surface area (Å²) in [6.07, 6.45) is 3.60. The predicted octanol–water partition coefficient (Wildman–Crippen LogP) is 4.93. The highest BCUT2D eigenvalue weighted by atomic mass is 35.5. The summed E-state index contributed by atoms with van der Waals surface area (Å²) in [4.78, 5) is 27.0. The zero-order chi connectivity index (χ0) is 23.3. The Balaban J connectivity index is 1.86. The SMILES string of the molecule is CN(C)C(=O)Sc1ccccc1NC(=O)c1ccc(Cl)c(S(=O)(=O)N2CCCCCC2)c1. The summed E-state index contributed by atoms with van der Waals surface area (Å²) in [5, 5.41) is 2.68. The zero-order valence-electron chi connectivity index (χ0n) is 18.0. The number of halogens is 1. The second kappa shape index (κ2) is 10.7. The normalized spacial score (nSPS) is 15.1. The number of para-hydroxylation sites is 1. The van der Waals surface area contributed by atoms with Crippen molar-refractivity contribution in [3.8, 4) is 0 Å². The second-order valence-corrected chi connectivity index (χ2v) is 11.0. The monoisotopic (exact) mass is 495 g/mol. The highest BCUT2D eigenvalue weighted by Crippen LogP contribution is 2.31. The van der Waals surface area contributed by atoms with Gasteiger partial charge in [-0.1, -0.05) is 36.6 Å². The maximum atomic E-state index is 13.2. The van der Waals surface area contributed by atoms with E-state index in [2.05, 4.69) is 5.32 Å². The van der Waals surface area contributed by atoms with Gasteiger partial charge in [0.1, 0.15) is 4.90 Å². The van der Waals surface area contributed by atoms with E-state index in [1.54, 1.807) is 38.4 Å². The van der Waals surface area contributed by atoms with Crippen molar-refractivity contribution < 1.29 is 18.0 Å². The first-order valence-corrected chi connectivity index (χ1v) is 12.9. The number of benzene rings is 2. The van der Waals surface area contributed by atoms with Crippen LogP contribution in [0.5, 0.6) is 0 Å². The number of nitrogens with zero attached hydrogens (tertiary/aromatic N) is 2. The van der Waals surface area contributed by atoms with Crippen molar-refractivity contribution in [2.75, 3.05) is 32.5 Å². The van der Waals surface area contributed by atoms with Gasteiger partial charge < -0.3 is 10.2 Å². The molecule has 2 aromatic rings. The van der Waals surface area contributed by atoms with E-state index in [9.17, 15) is 18.0 Å². The molecule has 32 heavy (non-hydrogen) atoms. The Morgan fingerprint density at radius 3 is 2.34 bits per heavy atom. The van der Waals surface area contributed by atoms with E-state index in [1.807, 2.05) is 0 Å².